The molecular formula is C19H21NO2. The highest BCUT2D eigenvalue weighted by atomic mass is 16.3. The molecule has 2 unspecified atom stereocenters. The van der Waals surface area contributed by atoms with E-state index in [0.29, 0.717) is 6.54 Å². The molecule has 0 radical (unpaired) electrons. The van der Waals surface area contributed by atoms with Gasteiger partial charge in [-0.3, -0.25) is 4.79 Å². The summed E-state index contributed by atoms with van der Waals surface area (Å²) in [6.45, 7) is 2.54. The topological polar surface area (TPSA) is 49.3 Å². The number of carbonyl (C=O) groups is 1. The minimum atomic E-state index is -0.376. The highest BCUT2D eigenvalue weighted by Crippen LogP contribution is 2.51. The zero-order chi connectivity index (χ0) is 15.6. The Morgan fingerprint density at radius 1 is 1.14 bits per heavy atom. The minimum absolute atomic E-state index is 0.0404. The monoisotopic (exact) mass is 295 g/mol. The predicted octanol–water partition coefficient (Wildman–Crippen LogP) is 2.99. The first-order valence-corrected chi connectivity index (χ1v) is 7.67. The summed E-state index contributed by atoms with van der Waals surface area (Å²) in [5, 5.41) is 12.1. The van der Waals surface area contributed by atoms with Gasteiger partial charge in [-0.2, -0.15) is 0 Å². The number of amides is 1. The van der Waals surface area contributed by atoms with Crippen molar-refractivity contribution in [1.29, 1.82) is 0 Å². The third kappa shape index (κ3) is 2.90. The van der Waals surface area contributed by atoms with Gasteiger partial charge >= 0.3 is 0 Å². The lowest BCUT2D eigenvalue weighted by atomic mass is 10.0. The van der Waals surface area contributed by atoms with Crippen LogP contribution in [0.5, 0.6) is 0 Å². The van der Waals surface area contributed by atoms with Crippen LogP contribution < -0.4 is 5.32 Å². The van der Waals surface area contributed by atoms with Crippen LogP contribution in [0.4, 0.5) is 0 Å². The van der Waals surface area contributed by atoms with Crippen LogP contribution >= 0.6 is 0 Å². The smallest absolute Gasteiger partial charge is 0.226 e. The van der Waals surface area contributed by atoms with Crippen LogP contribution in [-0.2, 0) is 11.3 Å². The van der Waals surface area contributed by atoms with Crippen molar-refractivity contribution in [3.8, 4) is 11.1 Å². The van der Waals surface area contributed by atoms with E-state index in [4.69, 9.17) is 5.11 Å². The second kappa shape index (κ2) is 5.93. The van der Waals surface area contributed by atoms with Gasteiger partial charge in [-0.15, -0.1) is 0 Å². The van der Waals surface area contributed by atoms with Gasteiger partial charge in [0.05, 0.1) is 5.41 Å². The SMILES string of the molecule is CC1(C(=O)NCc2ccc(-c3ccccc3)cc2)CC1CO. The Bertz CT molecular complexity index is 651. The Hall–Kier alpha value is -2.13. The van der Waals surface area contributed by atoms with Gasteiger partial charge in [-0.25, -0.2) is 0 Å². The van der Waals surface area contributed by atoms with Crippen LogP contribution in [0.2, 0.25) is 0 Å². The van der Waals surface area contributed by atoms with Gasteiger partial charge in [0.1, 0.15) is 0 Å². The molecule has 2 atom stereocenters. The Morgan fingerprint density at radius 3 is 2.36 bits per heavy atom. The lowest BCUT2D eigenvalue weighted by molar-refractivity contribution is -0.126. The van der Waals surface area contributed by atoms with E-state index in [-0.39, 0.29) is 23.8 Å². The molecule has 1 aliphatic carbocycles. The summed E-state index contributed by atoms with van der Waals surface area (Å²) in [6.07, 6.45) is 0.780. The van der Waals surface area contributed by atoms with Gasteiger partial charge in [-0.1, -0.05) is 61.5 Å². The van der Waals surface area contributed by atoms with E-state index in [1.165, 1.54) is 11.1 Å². The second-order valence-corrected chi connectivity index (χ2v) is 6.25. The summed E-state index contributed by atoms with van der Waals surface area (Å²) < 4.78 is 0. The second-order valence-electron chi connectivity index (χ2n) is 6.25. The summed E-state index contributed by atoms with van der Waals surface area (Å²) in [5.74, 6) is 0.159. The molecule has 2 N–H and O–H groups in total. The lowest BCUT2D eigenvalue weighted by Crippen LogP contribution is -2.31. The molecule has 0 aromatic heterocycles. The van der Waals surface area contributed by atoms with Crippen LogP contribution in [0, 0.1) is 11.3 Å². The van der Waals surface area contributed by atoms with Crippen molar-refractivity contribution in [2.45, 2.75) is 19.9 Å². The fraction of sp³-hybridized carbons (Fsp3) is 0.316. The van der Waals surface area contributed by atoms with E-state index in [9.17, 15) is 4.79 Å². The zero-order valence-electron chi connectivity index (χ0n) is 12.8. The third-order valence-corrected chi connectivity index (χ3v) is 4.66. The van der Waals surface area contributed by atoms with Crippen LogP contribution in [-0.4, -0.2) is 17.6 Å². The Balaban J connectivity index is 1.59. The Labute approximate surface area is 131 Å². The van der Waals surface area contributed by atoms with E-state index in [0.717, 1.165) is 12.0 Å². The summed E-state index contributed by atoms with van der Waals surface area (Å²) in [5.41, 5.74) is 3.07. The average molecular weight is 295 g/mol. The Kier molecular flexibility index (Phi) is 3.99. The number of hydrogen-bond donors (Lipinski definition) is 2. The summed E-state index contributed by atoms with van der Waals surface area (Å²) >= 11 is 0. The minimum Gasteiger partial charge on any atom is -0.396 e. The third-order valence-electron chi connectivity index (χ3n) is 4.66. The quantitative estimate of drug-likeness (QED) is 0.891. The van der Waals surface area contributed by atoms with Crippen LogP contribution in [0.15, 0.2) is 54.6 Å². The first-order chi connectivity index (χ1) is 10.6. The van der Waals surface area contributed by atoms with Crippen molar-refractivity contribution in [1.82, 2.24) is 5.32 Å². The zero-order valence-corrected chi connectivity index (χ0v) is 12.8. The lowest BCUT2D eigenvalue weighted by Gasteiger charge is -2.12. The maximum absolute atomic E-state index is 12.1. The molecule has 3 heteroatoms. The highest BCUT2D eigenvalue weighted by molar-refractivity contribution is 5.85. The number of benzene rings is 2. The number of rotatable bonds is 5. The molecule has 0 bridgehead atoms. The molecule has 0 spiro atoms. The van der Waals surface area contributed by atoms with E-state index in [1.807, 2.05) is 37.3 Å². The number of carbonyl (C=O) groups excluding carboxylic acids is 1. The van der Waals surface area contributed by atoms with Crippen molar-refractivity contribution in [3.05, 3.63) is 60.2 Å². The molecule has 0 saturated heterocycles. The maximum Gasteiger partial charge on any atom is 0.226 e. The van der Waals surface area contributed by atoms with Crippen molar-refractivity contribution in [3.63, 3.8) is 0 Å². The normalized spacial score (nSPS) is 23.1. The number of aliphatic hydroxyl groups is 1. The van der Waals surface area contributed by atoms with Crippen molar-refractivity contribution in [2.24, 2.45) is 11.3 Å². The molecule has 114 valence electrons. The summed E-state index contributed by atoms with van der Waals surface area (Å²) in [7, 11) is 0. The summed E-state index contributed by atoms with van der Waals surface area (Å²) in [4.78, 5) is 12.1. The van der Waals surface area contributed by atoms with Crippen LogP contribution in [0.25, 0.3) is 11.1 Å². The molecule has 3 nitrogen and oxygen atoms in total. The fourth-order valence-electron chi connectivity index (χ4n) is 2.83. The molecular weight excluding hydrogens is 274 g/mol. The van der Waals surface area contributed by atoms with Crippen LogP contribution in [0.3, 0.4) is 0 Å². The van der Waals surface area contributed by atoms with Gasteiger partial charge < -0.3 is 10.4 Å². The molecule has 1 amide bonds. The molecule has 3 rings (SSSR count). The first-order valence-electron chi connectivity index (χ1n) is 7.67. The molecule has 2 aromatic rings. The molecule has 22 heavy (non-hydrogen) atoms. The fourth-order valence-corrected chi connectivity index (χ4v) is 2.83. The van der Waals surface area contributed by atoms with E-state index >= 15 is 0 Å². The van der Waals surface area contributed by atoms with Crippen molar-refractivity contribution >= 4 is 5.91 Å². The molecule has 2 aromatic carbocycles. The highest BCUT2D eigenvalue weighted by Gasteiger charge is 2.55. The molecule has 1 saturated carbocycles. The van der Waals surface area contributed by atoms with E-state index in [2.05, 4.69) is 29.6 Å². The maximum atomic E-state index is 12.1. The standard InChI is InChI=1S/C19H21NO2/c1-19(11-17(19)13-21)18(22)20-12-14-7-9-16(10-8-14)15-5-3-2-4-6-15/h2-10,17,21H,11-13H2,1H3,(H,20,22). The van der Waals surface area contributed by atoms with Gasteiger partial charge in [0.15, 0.2) is 0 Å². The predicted molar refractivity (Wildman–Crippen MR) is 87.0 cm³/mol. The molecule has 1 aliphatic rings. The molecule has 0 aliphatic heterocycles. The number of aliphatic hydroxyl groups excluding tert-OH is 1. The average Bonchev–Trinajstić information content (AvgIpc) is 3.26. The van der Waals surface area contributed by atoms with Gasteiger partial charge in [0.25, 0.3) is 0 Å². The molecule has 1 fully saturated rings. The van der Waals surface area contributed by atoms with Crippen LogP contribution in [0.1, 0.15) is 18.9 Å². The van der Waals surface area contributed by atoms with Gasteiger partial charge in [0.2, 0.25) is 5.91 Å². The van der Waals surface area contributed by atoms with Crippen molar-refractivity contribution < 1.29 is 9.90 Å². The largest absolute Gasteiger partial charge is 0.396 e. The van der Waals surface area contributed by atoms with Gasteiger partial charge in [-0.05, 0) is 29.0 Å². The number of nitrogens with one attached hydrogen (secondary N) is 1. The Morgan fingerprint density at radius 2 is 1.77 bits per heavy atom. The summed E-state index contributed by atoms with van der Waals surface area (Å²) in [6, 6.07) is 18.5. The van der Waals surface area contributed by atoms with Crippen molar-refractivity contribution in [2.75, 3.05) is 6.61 Å². The van der Waals surface area contributed by atoms with Gasteiger partial charge in [0, 0.05) is 13.2 Å². The molecule has 0 heterocycles. The van der Waals surface area contributed by atoms with E-state index < -0.39 is 0 Å². The number of hydrogen-bond acceptors (Lipinski definition) is 2. The first kappa shape index (κ1) is 14.8. The van der Waals surface area contributed by atoms with E-state index in [1.54, 1.807) is 0 Å².